The first kappa shape index (κ1) is 20.4. The number of nitrogens with one attached hydrogen (secondary N) is 1. The summed E-state index contributed by atoms with van der Waals surface area (Å²) in [5.41, 5.74) is -1.39. The van der Waals surface area contributed by atoms with Gasteiger partial charge in [0.05, 0.1) is 29.6 Å². The molecule has 0 unspecified atom stereocenters. The average molecular weight is 413 g/mol. The number of halogens is 6. The van der Waals surface area contributed by atoms with E-state index < -0.39 is 29.4 Å². The molecular weight excluding hydrogens is 400 g/mol. The summed E-state index contributed by atoms with van der Waals surface area (Å²) in [5, 5.41) is 6.36. The normalized spacial score (nSPS) is 12.1. The van der Waals surface area contributed by atoms with Gasteiger partial charge < -0.3 is 5.32 Å². The quantitative estimate of drug-likeness (QED) is 0.596. The molecule has 3 rings (SSSR count). The second-order valence-electron chi connectivity index (χ2n) is 6.16. The Morgan fingerprint density at radius 3 is 2.21 bits per heavy atom. The van der Waals surface area contributed by atoms with Crippen molar-refractivity contribution in [2.75, 3.05) is 5.32 Å². The molecule has 0 saturated heterocycles. The van der Waals surface area contributed by atoms with Crippen molar-refractivity contribution >= 4 is 11.6 Å². The highest BCUT2D eigenvalue weighted by molar-refractivity contribution is 6.04. The molecule has 0 atom stereocenters. The van der Waals surface area contributed by atoms with E-state index in [1.165, 1.54) is 35.3 Å². The van der Waals surface area contributed by atoms with Crippen molar-refractivity contribution < 1.29 is 31.1 Å². The number of alkyl halides is 6. The molecule has 0 bridgehead atoms. The zero-order chi connectivity index (χ0) is 21.2. The minimum absolute atomic E-state index is 0.0172. The molecular formula is C19H13F6N3O. The van der Waals surface area contributed by atoms with Crippen LogP contribution in [-0.2, 0) is 18.9 Å². The third kappa shape index (κ3) is 5.15. The first-order chi connectivity index (χ1) is 13.5. The van der Waals surface area contributed by atoms with Gasteiger partial charge in [-0.15, -0.1) is 0 Å². The fraction of sp³-hybridized carbons (Fsp3) is 0.158. The van der Waals surface area contributed by atoms with Crippen LogP contribution in [0.1, 0.15) is 27.0 Å². The van der Waals surface area contributed by atoms with Gasteiger partial charge in [-0.25, -0.2) is 0 Å². The lowest BCUT2D eigenvalue weighted by atomic mass is 10.1. The van der Waals surface area contributed by atoms with Crippen LogP contribution in [0.2, 0.25) is 0 Å². The van der Waals surface area contributed by atoms with E-state index in [-0.39, 0.29) is 17.8 Å². The Hall–Kier alpha value is -3.30. The number of benzene rings is 2. The van der Waals surface area contributed by atoms with Gasteiger partial charge in [0.1, 0.15) is 0 Å². The van der Waals surface area contributed by atoms with Gasteiger partial charge in [0.2, 0.25) is 0 Å². The van der Waals surface area contributed by atoms with Crippen LogP contribution in [0.4, 0.5) is 32.0 Å². The van der Waals surface area contributed by atoms with Crippen LogP contribution in [0.25, 0.3) is 0 Å². The molecule has 3 aromatic rings. The molecule has 0 aliphatic rings. The van der Waals surface area contributed by atoms with Gasteiger partial charge in [-0.05, 0) is 35.9 Å². The number of carbonyl (C=O) groups excluding carboxylic acids is 1. The lowest BCUT2D eigenvalue weighted by Gasteiger charge is -2.09. The molecule has 152 valence electrons. The van der Waals surface area contributed by atoms with Crippen LogP contribution >= 0.6 is 0 Å². The number of aromatic nitrogens is 2. The Balaban J connectivity index is 1.70. The van der Waals surface area contributed by atoms with Crippen LogP contribution in [-0.4, -0.2) is 15.7 Å². The SMILES string of the molecule is O=C(Nc1cnn(Cc2cccc(C(F)(F)F)c2)c1)c1cccc(C(F)(F)F)c1. The summed E-state index contributed by atoms with van der Waals surface area (Å²) in [6.45, 7) is 0.0172. The summed E-state index contributed by atoms with van der Waals surface area (Å²) >= 11 is 0. The molecule has 0 saturated carbocycles. The van der Waals surface area contributed by atoms with Crippen LogP contribution in [0.3, 0.4) is 0 Å². The molecule has 2 aromatic carbocycles. The topological polar surface area (TPSA) is 46.9 Å². The number of rotatable bonds is 4. The Morgan fingerprint density at radius 1 is 0.931 bits per heavy atom. The average Bonchev–Trinajstić information content (AvgIpc) is 3.07. The summed E-state index contributed by atoms with van der Waals surface area (Å²) in [6.07, 6.45) is -6.43. The second kappa shape index (κ2) is 7.61. The Labute approximate surface area is 160 Å². The maximum absolute atomic E-state index is 12.8. The maximum Gasteiger partial charge on any atom is 0.416 e. The second-order valence-corrected chi connectivity index (χ2v) is 6.16. The van der Waals surface area contributed by atoms with Crippen molar-refractivity contribution in [1.82, 2.24) is 9.78 Å². The highest BCUT2D eigenvalue weighted by Crippen LogP contribution is 2.30. The van der Waals surface area contributed by atoms with Crippen molar-refractivity contribution in [2.24, 2.45) is 0 Å². The molecule has 0 aliphatic heterocycles. The molecule has 29 heavy (non-hydrogen) atoms. The monoisotopic (exact) mass is 413 g/mol. The largest absolute Gasteiger partial charge is 0.416 e. The summed E-state index contributed by atoms with van der Waals surface area (Å²) in [4.78, 5) is 12.2. The predicted octanol–water partition coefficient (Wildman–Crippen LogP) is 5.22. The molecule has 0 fully saturated rings. The van der Waals surface area contributed by atoms with Crippen LogP contribution < -0.4 is 5.32 Å². The Morgan fingerprint density at radius 2 is 1.55 bits per heavy atom. The van der Waals surface area contributed by atoms with Gasteiger partial charge in [-0.3, -0.25) is 9.48 Å². The molecule has 4 nitrogen and oxygen atoms in total. The van der Waals surface area contributed by atoms with Crippen molar-refractivity contribution in [2.45, 2.75) is 18.9 Å². The number of nitrogens with zero attached hydrogens (tertiary/aromatic N) is 2. The smallest absolute Gasteiger partial charge is 0.319 e. The molecule has 0 radical (unpaired) electrons. The van der Waals surface area contributed by atoms with E-state index >= 15 is 0 Å². The molecule has 1 N–H and O–H groups in total. The van der Waals surface area contributed by atoms with E-state index in [0.29, 0.717) is 5.56 Å². The molecule has 0 spiro atoms. The zero-order valence-corrected chi connectivity index (χ0v) is 14.6. The molecule has 1 amide bonds. The summed E-state index contributed by atoms with van der Waals surface area (Å²) in [7, 11) is 0. The number of hydrogen-bond donors (Lipinski definition) is 1. The number of carbonyl (C=O) groups is 1. The lowest BCUT2D eigenvalue weighted by Crippen LogP contribution is -2.13. The first-order valence-electron chi connectivity index (χ1n) is 8.19. The van der Waals surface area contributed by atoms with E-state index in [1.54, 1.807) is 0 Å². The van der Waals surface area contributed by atoms with Crippen LogP contribution in [0, 0.1) is 0 Å². The minimum Gasteiger partial charge on any atom is -0.319 e. The zero-order valence-electron chi connectivity index (χ0n) is 14.6. The van der Waals surface area contributed by atoms with E-state index in [2.05, 4.69) is 10.4 Å². The molecule has 1 aromatic heterocycles. The predicted molar refractivity (Wildman–Crippen MR) is 92.2 cm³/mol. The van der Waals surface area contributed by atoms with Gasteiger partial charge >= 0.3 is 12.4 Å². The van der Waals surface area contributed by atoms with Gasteiger partial charge in [-0.1, -0.05) is 18.2 Å². The lowest BCUT2D eigenvalue weighted by molar-refractivity contribution is -0.138. The number of hydrogen-bond acceptors (Lipinski definition) is 2. The number of amides is 1. The van der Waals surface area contributed by atoms with Crippen LogP contribution in [0.5, 0.6) is 0 Å². The van der Waals surface area contributed by atoms with E-state index in [0.717, 1.165) is 30.3 Å². The van der Waals surface area contributed by atoms with Crippen molar-refractivity contribution in [1.29, 1.82) is 0 Å². The van der Waals surface area contributed by atoms with Gasteiger partial charge in [0, 0.05) is 11.8 Å². The third-order valence-electron chi connectivity index (χ3n) is 3.94. The van der Waals surface area contributed by atoms with Crippen LogP contribution in [0.15, 0.2) is 60.9 Å². The number of anilines is 1. The maximum atomic E-state index is 12.8. The van der Waals surface area contributed by atoms with Crippen molar-refractivity contribution in [3.8, 4) is 0 Å². The van der Waals surface area contributed by atoms with E-state index in [1.807, 2.05) is 0 Å². The standard InChI is InChI=1S/C19H13F6N3O/c20-18(21,22)14-5-1-3-12(7-14)10-28-11-16(9-26-28)27-17(29)13-4-2-6-15(8-13)19(23,24)25/h1-9,11H,10H2,(H,27,29). The highest BCUT2D eigenvalue weighted by atomic mass is 19.4. The van der Waals surface area contributed by atoms with Crippen molar-refractivity contribution in [3.63, 3.8) is 0 Å². The van der Waals surface area contributed by atoms with Gasteiger partial charge in [0.25, 0.3) is 5.91 Å². The molecule has 0 aliphatic carbocycles. The van der Waals surface area contributed by atoms with E-state index in [4.69, 9.17) is 0 Å². The molecule has 10 heteroatoms. The first-order valence-corrected chi connectivity index (χ1v) is 8.19. The minimum atomic E-state index is -4.58. The summed E-state index contributed by atoms with van der Waals surface area (Å²) in [5.74, 6) is -0.769. The fourth-order valence-electron chi connectivity index (χ4n) is 2.59. The highest BCUT2D eigenvalue weighted by Gasteiger charge is 2.31. The van der Waals surface area contributed by atoms with E-state index in [9.17, 15) is 31.1 Å². The fourth-order valence-corrected chi connectivity index (χ4v) is 2.59. The van der Waals surface area contributed by atoms with Gasteiger partial charge in [0.15, 0.2) is 0 Å². The Kier molecular flexibility index (Phi) is 5.36. The Bertz CT molecular complexity index is 1020. The van der Waals surface area contributed by atoms with Crippen molar-refractivity contribution in [3.05, 3.63) is 83.2 Å². The third-order valence-corrected chi connectivity index (χ3v) is 3.94. The summed E-state index contributed by atoms with van der Waals surface area (Å²) < 4.78 is 77.9. The summed E-state index contributed by atoms with van der Waals surface area (Å²) in [6, 6.07) is 8.64. The van der Waals surface area contributed by atoms with Gasteiger partial charge in [-0.2, -0.15) is 31.4 Å². The molecule has 1 heterocycles.